The highest BCUT2D eigenvalue weighted by Crippen LogP contribution is 2.38. The van der Waals surface area contributed by atoms with Crippen molar-refractivity contribution in [3.8, 4) is 11.5 Å². The Labute approximate surface area is 229 Å². The van der Waals surface area contributed by atoms with Crippen LogP contribution in [0.1, 0.15) is 59.5 Å². The van der Waals surface area contributed by atoms with Gasteiger partial charge in [-0.1, -0.05) is 49.2 Å². The molecule has 0 saturated carbocycles. The summed E-state index contributed by atoms with van der Waals surface area (Å²) in [6, 6.07) is 19.8. The molecule has 0 aliphatic carbocycles. The quantitative estimate of drug-likeness (QED) is 0.230. The number of rotatable bonds is 13. The van der Waals surface area contributed by atoms with Gasteiger partial charge in [0.1, 0.15) is 11.5 Å². The number of aliphatic carboxylic acids is 1. The van der Waals surface area contributed by atoms with Crippen molar-refractivity contribution in [1.82, 2.24) is 5.32 Å². The van der Waals surface area contributed by atoms with Gasteiger partial charge in [0.15, 0.2) is 0 Å². The number of carbonyl (C=O) groups is 2. The molecule has 0 bridgehead atoms. The molecule has 0 heterocycles. The van der Waals surface area contributed by atoms with E-state index in [-0.39, 0.29) is 43.1 Å². The van der Waals surface area contributed by atoms with Crippen LogP contribution in [0.25, 0.3) is 0 Å². The van der Waals surface area contributed by atoms with Gasteiger partial charge in [0.05, 0.1) is 13.0 Å². The first-order valence-electron chi connectivity index (χ1n) is 12.4. The molecule has 0 fully saturated rings. The van der Waals surface area contributed by atoms with E-state index < -0.39 is 12.3 Å². The Morgan fingerprint density at radius 3 is 2.03 bits per heavy atom. The van der Waals surface area contributed by atoms with Crippen LogP contribution < -0.4 is 14.8 Å². The van der Waals surface area contributed by atoms with Crippen LogP contribution in [0.3, 0.4) is 0 Å². The maximum Gasteiger partial charge on any atom is 0.573 e. The van der Waals surface area contributed by atoms with Gasteiger partial charge in [-0.25, -0.2) is 0 Å². The number of hydrogen-bond acceptors (Lipinski definition) is 4. The highest BCUT2D eigenvalue weighted by molar-refractivity contribution is 6.30. The highest BCUT2D eigenvalue weighted by Gasteiger charge is 2.31. The number of carboxylic acid groups (broad SMARTS) is 1. The predicted molar refractivity (Wildman–Crippen MR) is 141 cm³/mol. The molecule has 6 nitrogen and oxygen atoms in total. The topological polar surface area (TPSA) is 84.9 Å². The molecular formula is C29H29ClF3NO5. The number of benzene rings is 3. The summed E-state index contributed by atoms with van der Waals surface area (Å²) in [5, 5.41) is 11.9. The number of halogens is 4. The fourth-order valence-corrected chi connectivity index (χ4v) is 4.38. The Hall–Kier alpha value is -3.72. The van der Waals surface area contributed by atoms with Crippen LogP contribution in [0.15, 0.2) is 72.8 Å². The number of hydrogen-bond donors (Lipinski definition) is 2. The van der Waals surface area contributed by atoms with E-state index in [9.17, 15) is 22.8 Å². The number of amides is 1. The molecule has 0 radical (unpaired) electrons. The lowest BCUT2D eigenvalue weighted by molar-refractivity contribution is -0.274. The van der Waals surface area contributed by atoms with Crippen LogP contribution in [-0.2, 0) is 4.79 Å². The van der Waals surface area contributed by atoms with Gasteiger partial charge < -0.3 is 19.9 Å². The molecule has 0 saturated heterocycles. The molecule has 0 aromatic heterocycles. The molecule has 0 aliphatic rings. The van der Waals surface area contributed by atoms with Crippen molar-refractivity contribution >= 4 is 23.5 Å². The van der Waals surface area contributed by atoms with E-state index in [0.717, 1.165) is 24.0 Å². The van der Waals surface area contributed by atoms with E-state index in [0.29, 0.717) is 16.3 Å². The molecule has 208 valence electrons. The first-order valence-corrected chi connectivity index (χ1v) is 12.8. The molecule has 2 unspecified atom stereocenters. The summed E-state index contributed by atoms with van der Waals surface area (Å²) in [4.78, 5) is 23.1. The van der Waals surface area contributed by atoms with Crippen LogP contribution in [-0.4, -0.2) is 36.5 Å². The minimum atomic E-state index is -4.77. The average Bonchev–Trinajstić information content (AvgIpc) is 2.89. The molecule has 2 N–H and O–H groups in total. The Balaban J connectivity index is 1.81. The van der Waals surface area contributed by atoms with Gasteiger partial charge in [-0.15, -0.1) is 13.2 Å². The summed E-state index contributed by atoms with van der Waals surface area (Å²) >= 11 is 6.11. The Morgan fingerprint density at radius 2 is 1.46 bits per heavy atom. The summed E-state index contributed by atoms with van der Waals surface area (Å²) < 4.78 is 47.4. The third-order valence-corrected chi connectivity index (χ3v) is 6.35. The lowest BCUT2D eigenvalue weighted by atomic mass is 9.79. The lowest BCUT2D eigenvalue weighted by Crippen LogP contribution is -2.26. The molecule has 2 atom stereocenters. The zero-order valence-corrected chi connectivity index (χ0v) is 22.0. The SMILES string of the molecule is CCCC(c1ccc(C(=O)NCCC(=O)O)cc1)C(COc1ccc(OC(F)(F)F)cc1)c1ccc(Cl)cc1. The largest absolute Gasteiger partial charge is 0.573 e. The Kier molecular flexibility index (Phi) is 10.6. The number of alkyl halides is 3. The summed E-state index contributed by atoms with van der Waals surface area (Å²) in [7, 11) is 0. The van der Waals surface area contributed by atoms with Gasteiger partial charge >= 0.3 is 12.3 Å². The standard InChI is InChI=1S/C29H29ClF3NO5/c1-2-3-25(19-4-6-21(7-5-19)28(37)34-17-16-27(35)36)26(20-8-10-22(30)11-9-20)18-38-23-12-14-24(15-13-23)39-29(31,32)33/h4-15,25-26H,2-3,16-18H2,1H3,(H,34,37)(H,35,36). The second kappa shape index (κ2) is 13.9. The molecule has 3 rings (SSSR count). The maximum atomic E-state index is 12.5. The molecular weight excluding hydrogens is 535 g/mol. The van der Waals surface area contributed by atoms with Crippen molar-refractivity contribution in [3.05, 3.63) is 94.5 Å². The van der Waals surface area contributed by atoms with Crippen molar-refractivity contribution in [2.75, 3.05) is 13.2 Å². The molecule has 10 heteroatoms. The lowest BCUT2D eigenvalue weighted by Gasteiger charge is -2.28. The molecule has 1 amide bonds. The second-order valence-corrected chi connectivity index (χ2v) is 9.34. The van der Waals surface area contributed by atoms with E-state index in [1.54, 1.807) is 24.3 Å². The van der Waals surface area contributed by atoms with Crippen molar-refractivity contribution in [1.29, 1.82) is 0 Å². The fourth-order valence-electron chi connectivity index (χ4n) is 4.26. The van der Waals surface area contributed by atoms with Crippen molar-refractivity contribution in [2.45, 2.75) is 44.4 Å². The highest BCUT2D eigenvalue weighted by atomic mass is 35.5. The van der Waals surface area contributed by atoms with E-state index in [1.807, 2.05) is 24.3 Å². The molecule has 0 aliphatic heterocycles. The molecule has 3 aromatic carbocycles. The monoisotopic (exact) mass is 563 g/mol. The average molecular weight is 564 g/mol. The van der Waals surface area contributed by atoms with Gasteiger partial charge in [0, 0.05) is 23.0 Å². The van der Waals surface area contributed by atoms with Crippen LogP contribution in [0.5, 0.6) is 11.5 Å². The molecule has 0 spiro atoms. The summed E-state index contributed by atoms with van der Waals surface area (Å²) in [5.74, 6) is -1.43. The van der Waals surface area contributed by atoms with Crippen LogP contribution in [0.2, 0.25) is 5.02 Å². The Morgan fingerprint density at radius 1 is 0.897 bits per heavy atom. The predicted octanol–water partition coefficient (Wildman–Crippen LogP) is 7.19. The number of ether oxygens (including phenoxy) is 2. The van der Waals surface area contributed by atoms with Gasteiger partial charge in [0.25, 0.3) is 5.91 Å². The van der Waals surface area contributed by atoms with E-state index in [2.05, 4.69) is 17.0 Å². The van der Waals surface area contributed by atoms with Gasteiger partial charge in [-0.3, -0.25) is 9.59 Å². The summed E-state index contributed by atoms with van der Waals surface area (Å²) in [5.41, 5.74) is 2.38. The molecule has 3 aromatic rings. The third-order valence-electron chi connectivity index (χ3n) is 6.10. The minimum absolute atomic E-state index is 0.00636. The van der Waals surface area contributed by atoms with Gasteiger partial charge in [-0.05, 0) is 72.0 Å². The zero-order valence-electron chi connectivity index (χ0n) is 21.2. The third kappa shape index (κ3) is 9.51. The van der Waals surface area contributed by atoms with Crippen LogP contribution in [0, 0.1) is 0 Å². The van der Waals surface area contributed by atoms with Crippen molar-refractivity contribution < 1.29 is 37.3 Å². The van der Waals surface area contributed by atoms with Gasteiger partial charge in [0.2, 0.25) is 0 Å². The number of nitrogens with one attached hydrogen (secondary N) is 1. The van der Waals surface area contributed by atoms with Crippen molar-refractivity contribution in [2.24, 2.45) is 0 Å². The fraction of sp³-hybridized carbons (Fsp3) is 0.310. The first kappa shape index (κ1) is 29.8. The maximum absolute atomic E-state index is 12.5. The number of carbonyl (C=O) groups excluding carboxylic acids is 1. The summed E-state index contributed by atoms with van der Waals surface area (Å²) in [6.45, 7) is 2.34. The smallest absolute Gasteiger partial charge is 0.493 e. The van der Waals surface area contributed by atoms with Crippen molar-refractivity contribution in [3.63, 3.8) is 0 Å². The first-order chi connectivity index (χ1) is 18.6. The van der Waals surface area contributed by atoms with Crippen LogP contribution >= 0.6 is 11.6 Å². The Bertz CT molecular complexity index is 1220. The zero-order chi connectivity index (χ0) is 28.4. The van der Waals surface area contributed by atoms with Crippen LogP contribution in [0.4, 0.5) is 13.2 Å². The molecule has 39 heavy (non-hydrogen) atoms. The summed E-state index contributed by atoms with van der Waals surface area (Å²) in [6.07, 6.45) is -3.26. The normalized spacial score (nSPS) is 12.8. The number of carboxylic acids is 1. The van der Waals surface area contributed by atoms with Gasteiger partial charge in [-0.2, -0.15) is 0 Å². The van der Waals surface area contributed by atoms with E-state index in [1.165, 1.54) is 24.3 Å². The second-order valence-electron chi connectivity index (χ2n) is 8.91. The van der Waals surface area contributed by atoms with E-state index in [4.69, 9.17) is 21.4 Å². The van der Waals surface area contributed by atoms with E-state index >= 15 is 0 Å². The minimum Gasteiger partial charge on any atom is -0.493 e.